The minimum Gasteiger partial charge on any atom is -0.483 e. The normalized spacial score (nSPS) is 15.8. The van der Waals surface area contributed by atoms with Gasteiger partial charge >= 0.3 is 0 Å². The first-order valence-electron chi connectivity index (χ1n) is 9.94. The van der Waals surface area contributed by atoms with Gasteiger partial charge in [0.05, 0.1) is 5.92 Å². The van der Waals surface area contributed by atoms with Crippen LogP contribution in [-0.2, 0) is 20.9 Å². The predicted molar refractivity (Wildman–Crippen MR) is 112 cm³/mol. The number of para-hydroxylation sites is 1. The number of rotatable bonds is 6. The number of aryl methyl sites for hydroxylation is 3. The third-order valence-electron chi connectivity index (χ3n) is 5.16. The van der Waals surface area contributed by atoms with Gasteiger partial charge in [0.2, 0.25) is 11.8 Å². The van der Waals surface area contributed by atoms with Gasteiger partial charge in [-0.1, -0.05) is 48.0 Å². The molecule has 0 bridgehead atoms. The Kier molecular flexibility index (Phi) is 6.72. The van der Waals surface area contributed by atoms with Crippen molar-refractivity contribution in [1.29, 1.82) is 0 Å². The lowest BCUT2D eigenvalue weighted by molar-refractivity contribution is -0.132. The highest BCUT2D eigenvalue weighted by atomic mass is 16.5. The van der Waals surface area contributed by atoms with Crippen molar-refractivity contribution in [2.45, 2.75) is 33.7 Å². The number of carbonyl (C=O) groups is 3. The van der Waals surface area contributed by atoms with Gasteiger partial charge in [-0.3, -0.25) is 25.2 Å². The van der Waals surface area contributed by atoms with Crippen LogP contribution in [0.4, 0.5) is 0 Å². The van der Waals surface area contributed by atoms with Gasteiger partial charge < -0.3 is 9.64 Å². The summed E-state index contributed by atoms with van der Waals surface area (Å²) >= 11 is 0. The minimum atomic E-state index is -0.497. The summed E-state index contributed by atoms with van der Waals surface area (Å²) in [5.74, 6) is -0.752. The second-order valence-corrected chi connectivity index (χ2v) is 7.71. The number of benzene rings is 2. The molecule has 1 heterocycles. The molecule has 1 aliphatic rings. The van der Waals surface area contributed by atoms with Crippen LogP contribution >= 0.6 is 0 Å². The lowest BCUT2D eigenvalue weighted by Gasteiger charge is -2.17. The molecule has 3 rings (SSSR count). The first-order chi connectivity index (χ1) is 14.3. The number of nitrogens with one attached hydrogen (secondary N) is 2. The minimum absolute atomic E-state index is 0.0691. The van der Waals surface area contributed by atoms with Crippen LogP contribution in [0, 0.1) is 26.7 Å². The van der Waals surface area contributed by atoms with Crippen LogP contribution in [-0.4, -0.2) is 35.8 Å². The Morgan fingerprint density at radius 2 is 1.70 bits per heavy atom. The molecule has 7 heteroatoms. The van der Waals surface area contributed by atoms with Crippen molar-refractivity contribution in [3.8, 4) is 5.75 Å². The topological polar surface area (TPSA) is 87.7 Å². The summed E-state index contributed by atoms with van der Waals surface area (Å²) in [5, 5.41) is 0. The fraction of sp³-hybridized carbons (Fsp3) is 0.348. The molecule has 2 aromatic carbocycles. The number of likely N-dealkylation sites (tertiary alicyclic amines) is 1. The Hall–Kier alpha value is -3.35. The van der Waals surface area contributed by atoms with Gasteiger partial charge in [0.1, 0.15) is 5.75 Å². The highest BCUT2D eigenvalue weighted by Gasteiger charge is 2.34. The van der Waals surface area contributed by atoms with Crippen molar-refractivity contribution in [3.63, 3.8) is 0 Å². The molecule has 1 fully saturated rings. The van der Waals surface area contributed by atoms with Crippen LogP contribution in [0.15, 0.2) is 42.5 Å². The molecule has 2 aromatic rings. The number of amides is 3. The zero-order valence-electron chi connectivity index (χ0n) is 17.5. The average molecular weight is 409 g/mol. The van der Waals surface area contributed by atoms with Crippen molar-refractivity contribution < 1.29 is 19.1 Å². The van der Waals surface area contributed by atoms with E-state index in [4.69, 9.17) is 4.74 Å². The molecule has 1 atom stereocenters. The number of hydrogen-bond donors (Lipinski definition) is 2. The van der Waals surface area contributed by atoms with Gasteiger partial charge in [0.25, 0.3) is 5.91 Å². The SMILES string of the molecule is Cc1ccc(CN2C[C@@H](C(=O)NNC(=O)COc3c(C)cccc3C)CC2=O)cc1. The summed E-state index contributed by atoms with van der Waals surface area (Å²) in [7, 11) is 0. The summed E-state index contributed by atoms with van der Waals surface area (Å²) < 4.78 is 5.57. The highest BCUT2D eigenvalue weighted by Crippen LogP contribution is 2.22. The van der Waals surface area contributed by atoms with Crippen molar-refractivity contribution in [2.75, 3.05) is 13.2 Å². The lowest BCUT2D eigenvalue weighted by atomic mass is 10.1. The maximum absolute atomic E-state index is 12.4. The molecule has 0 radical (unpaired) electrons. The molecule has 158 valence electrons. The van der Waals surface area contributed by atoms with Gasteiger partial charge in [0, 0.05) is 19.5 Å². The third-order valence-corrected chi connectivity index (χ3v) is 5.16. The maximum Gasteiger partial charge on any atom is 0.276 e. The summed E-state index contributed by atoms with van der Waals surface area (Å²) in [4.78, 5) is 38.3. The van der Waals surface area contributed by atoms with E-state index in [0.717, 1.165) is 22.3 Å². The first kappa shape index (κ1) is 21.4. The largest absolute Gasteiger partial charge is 0.483 e. The van der Waals surface area contributed by atoms with Crippen LogP contribution in [0.25, 0.3) is 0 Å². The predicted octanol–water partition coefficient (Wildman–Crippen LogP) is 2.19. The van der Waals surface area contributed by atoms with Gasteiger partial charge in [-0.25, -0.2) is 0 Å². The Morgan fingerprint density at radius 3 is 2.37 bits per heavy atom. The number of hydrogen-bond acceptors (Lipinski definition) is 4. The molecular weight excluding hydrogens is 382 g/mol. The van der Waals surface area contributed by atoms with Crippen molar-refractivity contribution in [3.05, 3.63) is 64.7 Å². The fourth-order valence-electron chi connectivity index (χ4n) is 3.45. The Bertz CT molecular complexity index is 920. The molecule has 1 saturated heterocycles. The number of hydrazine groups is 1. The standard InChI is InChI=1S/C23H27N3O4/c1-15-7-9-18(10-8-15)12-26-13-19(11-21(26)28)23(29)25-24-20(27)14-30-22-16(2)5-4-6-17(22)3/h4-10,19H,11-14H2,1-3H3,(H,24,27)(H,25,29)/t19-/m0/s1. The molecule has 0 aromatic heterocycles. The van der Waals surface area contributed by atoms with E-state index < -0.39 is 11.8 Å². The van der Waals surface area contributed by atoms with Crippen LogP contribution in [0.5, 0.6) is 5.75 Å². The second-order valence-electron chi connectivity index (χ2n) is 7.71. The van der Waals surface area contributed by atoms with Gasteiger partial charge in [0.15, 0.2) is 6.61 Å². The Morgan fingerprint density at radius 1 is 1.03 bits per heavy atom. The fourth-order valence-corrected chi connectivity index (χ4v) is 3.45. The smallest absolute Gasteiger partial charge is 0.276 e. The second kappa shape index (κ2) is 9.43. The van der Waals surface area contributed by atoms with E-state index in [9.17, 15) is 14.4 Å². The van der Waals surface area contributed by atoms with E-state index in [0.29, 0.717) is 18.8 Å². The van der Waals surface area contributed by atoms with E-state index in [2.05, 4.69) is 10.9 Å². The van der Waals surface area contributed by atoms with E-state index in [1.54, 1.807) is 4.90 Å². The molecular formula is C23H27N3O4. The molecule has 1 aliphatic heterocycles. The molecule has 7 nitrogen and oxygen atoms in total. The highest BCUT2D eigenvalue weighted by molar-refractivity contribution is 5.90. The van der Waals surface area contributed by atoms with Crippen molar-refractivity contribution in [2.24, 2.45) is 5.92 Å². The van der Waals surface area contributed by atoms with Crippen LogP contribution in [0.2, 0.25) is 0 Å². The molecule has 0 unspecified atom stereocenters. The molecule has 30 heavy (non-hydrogen) atoms. The lowest BCUT2D eigenvalue weighted by Crippen LogP contribution is -2.46. The summed E-state index contributed by atoms with van der Waals surface area (Å²) in [6.45, 7) is 6.40. The first-order valence-corrected chi connectivity index (χ1v) is 9.94. The molecule has 0 spiro atoms. The monoisotopic (exact) mass is 409 g/mol. The maximum atomic E-state index is 12.4. The molecule has 2 N–H and O–H groups in total. The van der Waals surface area contributed by atoms with E-state index in [1.165, 1.54) is 0 Å². The van der Waals surface area contributed by atoms with Gasteiger partial charge in [-0.2, -0.15) is 0 Å². The molecule has 0 aliphatic carbocycles. The average Bonchev–Trinajstić information content (AvgIpc) is 3.08. The summed E-state index contributed by atoms with van der Waals surface area (Å²) in [5.41, 5.74) is 8.81. The number of ether oxygens (including phenoxy) is 1. The van der Waals surface area contributed by atoms with E-state index in [1.807, 2.05) is 63.2 Å². The quantitative estimate of drug-likeness (QED) is 0.716. The Balaban J connectivity index is 1.45. The van der Waals surface area contributed by atoms with Crippen molar-refractivity contribution >= 4 is 17.7 Å². The summed E-state index contributed by atoms with van der Waals surface area (Å²) in [6, 6.07) is 13.7. The zero-order chi connectivity index (χ0) is 21.7. The molecule has 0 saturated carbocycles. The van der Waals surface area contributed by atoms with Gasteiger partial charge in [-0.05, 0) is 37.5 Å². The van der Waals surface area contributed by atoms with E-state index >= 15 is 0 Å². The number of nitrogens with zero attached hydrogens (tertiary/aromatic N) is 1. The number of carbonyl (C=O) groups excluding carboxylic acids is 3. The zero-order valence-corrected chi connectivity index (χ0v) is 17.5. The van der Waals surface area contributed by atoms with Crippen LogP contribution in [0.1, 0.15) is 28.7 Å². The van der Waals surface area contributed by atoms with Crippen LogP contribution < -0.4 is 15.6 Å². The molecule has 3 amide bonds. The van der Waals surface area contributed by atoms with Crippen molar-refractivity contribution in [1.82, 2.24) is 15.8 Å². The summed E-state index contributed by atoms with van der Waals surface area (Å²) in [6.07, 6.45) is 0.131. The van der Waals surface area contributed by atoms with E-state index in [-0.39, 0.29) is 24.8 Å². The van der Waals surface area contributed by atoms with Gasteiger partial charge in [-0.15, -0.1) is 0 Å². The Labute approximate surface area is 176 Å². The van der Waals surface area contributed by atoms with Crippen LogP contribution in [0.3, 0.4) is 0 Å². The third kappa shape index (κ3) is 5.37.